The molecular weight excluding hydrogens is 518 g/mol. The van der Waals surface area contributed by atoms with E-state index in [2.05, 4.69) is 24.9 Å². The van der Waals surface area contributed by atoms with Crippen LogP contribution in [0.3, 0.4) is 0 Å². The van der Waals surface area contributed by atoms with Crippen molar-refractivity contribution in [2.24, 2.45) is 5.41 Å². The highest BCUT2D eigenvalue weighted by Crippen LogP contribution is 2.54. The van der Waals surface area contributed by atoms with Crippen LogP contribution in [0, 0.1) is 10.3 Å². The summed E-state index contributed by atoms with van der Waals surface area (Å²) in [6.07, 6.45) is 8.59. The average molecular weight is 548 g/mol. The van der Waals surface area contributed by atoms with E-state index in [0.29, 0.717) is 32.7 Å². The van der Waals surface area contributed by atoms with Crippen LogP contribution in [0.25, 0.3) is 17.1 Å². The van der Waals surface area contributed by atoms with Crippen LogP contribution >= 0.6 is 0 Å². The summed E-state index contributed by atoms with van der Waals surface area (Å²) in [7, 11) is 0. The first kappa shape index (κ1) is 24.9. The molecular formula is C24H29F2N8O3S+. The number of rotatable bonds is 6. The molecule has 3 N–H and O–H groups in total. The number of piperidine rings is 2. The molecule has 1 atom stereocenters. The Morgan fingerprint density at radius 3 is 2.39 bits per heavy atom. The lowest BCUT2D eigenvalue weighted by molar-refractivity contribution is -0.493. The van der Waals surface area contributed by atoms with E-state index in [1.807, 2.05) is 12.1 Å². The molecule has 14 heteroatoms. The molecule has 1 aliphatic carbocycles. The molecule has 1 spiro atoms. The average Bonchev–Trinajstić information content (AvgIpc) is 3.44. The van der Waals surface area contributed by atoms with E-state index in [9.17, 15) is 22.4 Å². The van der Waals surface area contributed by atoms with E-state index >= 15 is 0 Å². The monoisotopic (exact) mass is 547 g/mol. The number of nitrogens with zero attached hydrogens (tertiary/aromatic N) is 6. The van der Waals surface area contributed by atoms with Crippen LogP contribution in [0.4, 0.5) is 26.0 Å². The second-order valence-electron chi connectivity index (χ2n) is 10.5. The molecule has 2 aromatic heterocycles. The molecule has 1 saturated carbocycles. The van der Waals surface area contributed by atoms with Gasteiger partial charge >= 0.3 is 0 Å². The first-order valence-corrected chi connectivity index (χ1v) is 13.8. The summed E-state index contributed by atoms with van der Waals surface area (Å²) in [5, 5.41) is 8.58. The smallest absolute Gasteiger partial charge is 0.268 e. The van der Waals surface area contributed by atoms with Gasteiger partial charge in [0.1, 0.15) is 11.4 Å². The molecule has 1 aromatic carbocycles. The highest BCUT2D eigenvalue weighted by atomic mass is 32.2. The lowest BCUT2D eigenvalue weighted by atomic mass is 9.93. The van der Waals surface area contributed by atoms with Gasteiger partial charge in [0.25, 0.3) is 29.6 Å². The predicted octanol–water partition coefficient (Wildman–Crippen LogP) is 3.34. The Kier molecular flexibility index (Phi) is 6.17. The van der Waals surface area contributed by atoms with Crippen LogP contribution in [-0.2, 0) is 11.3 Å². The van der Waals surface area contributed by atoms with Gasteiger partial charge in [-0.05, 0) is 49.3 Å². The largest absolute Gasteiger partial charge is 0.370 e. The second-order valence-corrected chi connectivity index (χ2v) is 11.2. The van der Waals surface area contributed by atoms with Crippen molar-refractivity contribution in [1.82, 2.24) is 20.0 Å². The minimum absolute atomic E-state index is 0.138. The standard InChI is InChI=1S/C24H28F2N8O3S/c25-24(26)7-11-32(12-8-24)22-16-33(35)14-18(27-22)19-15-34(30-28-19)20-2-1-17(29-38(36)37)13-21(20)31-9-5-23(3-4-23)6-10-31/h1-2,13-16,29H,3-12H2,(H-,27,35,36,37)/p+1. The molecule has 1 unspecified atom stereocenters. The number of aromatic amines is 1. The minimum Gasteiger partial charge on any atom is -0.370 e. The van der Waals surface area contributed by atoms with E-state index in [4.69, 9.17) is 0 Å². The van der Waals surface area contributed by atoms with Crippen LogP contribution in [0.15, 0.2) is 36.8 Å². The van der Waals surface area contributed by atoms with Gasteiger partial charge in [0, 0.05) is 43.9 Å². The zero-order valence-corrected chi connectivity index (χ0v) is 21.5. The lowest BCUT2D eigenvalue weighted by Crippen LogP contribution is -2.40. The van der Waals surface area contributed by atoms with E-state index < -0.39 is 17.2 Å². The molecule has 2 aliphatic heterocycles. The Morgan fingerprint density at radius 2 is 1.71 bits per heavy atom. The number of hydrogen-bond donors (Lipinski definition) is 3. The number of halogens is 2. The van der Waals surface area contributed by atoms with Gasteiger partial charge in [0.15, 0.2) is 5.82 Å². The summed E-state index contributed by atoms with van der Waals surface area (Å²) in [6, 6.07) is 5.34. The van der Waals surface area contributed by atoms with Crippen molar-refractivity contribution in [3.05, 3.63) is 41.7 Å². The molecule has 0 radical (unpaired) electrons. The summed E-state index contributed by atoms with van der Waals surface area (Å²) in [5.74, 6) is -2.25. The highest BCUT2D eigenvalue weighted by molar-refractivity contribution is 7.80. The highest BCUT2D eigenvalue weighted by Gasteiger charge is 2.44. The van der Waals surface area contributed by atoms with E-state index in [-0.39, 0.29) is 25.9 Å². The third-order valence-electron chi connectivity index (χ3n) is 7.92. The summed E-state index contributed by atoms with van der Waals surface area (Å²) >= 11 is -2.20. The fraction of sp³-hybridized carbons (Fsp3) is 0.500. The van der Waals surface area contributed by atoms with Crippen molar-refractivity contribution in [2.75, 3.05) is 40.7 Å². The Morgan fingerprint density at radius 1 is 1.00 bits per heavy atom. The number of H-pyrrole nitrogens is 1. The summed E-state index contributed by atoms with van der Waals surface area (Å²) in [6.45, 7) is 2.03. The van der Waals surface area contributed by atoms with E-state index in [1.54, 1.807) is 21.8 Å². The Hall–Kier alpha value is -3.39. The van der Waals surface area contributed by atoms with Gasteiger partial charge in [-0.3, -0.25) is 9.27 Å². The Balaban J connectivity index is 1.30. The normalized spacial score (nSPS) is 20.9. The minimum atomic E-state index is -2.69. The summed E-state index contributed by atoms with van der Waals surface area (Å²) < 4.78 is 52.7. The summed E-state index contributed by atoms with van der Waals surface area (Å²) in [4.78, 5) is 19.5. The number of anilines is 3. The van der Waals surface area contributed by atoms with Gasteiger partial charge < -0.3 is 14.8 Å². The van der Waals surface area contributed by atoms with E-state index in [0.717, 1.165) is 37.3 Å². The Bertz CT molecular complexity index is 1420. The summed E-state index contributed by atoms with van der Waals surface area (Å²) in [5.41, 5.74) is 3.42. The van der Waals surface area contributed by atoms with Gasteiger partial charge in [-0.25, -0.2) is 17.7 Å². The molecule has 202 valence electrons. The van der Waals surface area contributed by atoms with Crippen LogP contribution in [0.1, 0.15) is 38.5 Å². The fourth-order valence-corrected chi connectivity index (χ4v) is 5.72. The second kappa shape index (κ2) is 9.42. The molecule has 3 aromatic rings. The topological polar surface area (TPSA) is 125 Å². The van der Waals surface area contributed by atoms with Crippen molar-refractivity contribution < 1.29 is 22.0 Å². The number of hydrogen-bond acceptors (Lipinski definition) is 6. The number of nitrogens with one attached hydrogen (secondary N) is 2. The zero-order chi connectivity index (χ0) is 26.5. The van der Waals surface area contributed by atoms with Crippen molar-refractivity contribution in [3.8, 4) is 17.1 Å². The molecule has 0 bridgehead atoms. The van der Waals surface area contributed by atoms with Crippen LogP contribution in [0.5, 0.6) is 0 Å². The van der Waals surface area contributed by atoms with Crippen molar-refractivity contribution in [1.29, 1.82) is 0 Å². The quantitative estimate of drug-likeness (QED) is 0.319. The predicted molar refractivity (Wildman–Crippen MR) is 138 cm³/mol. The maximum atomic E-state index is 13.6. The Labute approximate surface area is 219 Å². The SMILES string of the molecule is O=[n+]1cc(-c2cn(-c3ccc(NS(=O)O)cc3N3CCC4(CC3)CC4)nn2)[nH]c(N2CCC(F)(F)CC2)c1. The van der Waals surface area contributed by atoms with Crippen LogP contribution in [0.2, 0.25) is 0 Å². The van der Waals surface area contributed by atoms with Gasteiger partial charge in [0.05, 0.1) is 27.7 Å². The number of alkyl halides is 2. The zero-order valence-electron chi connectivity index (χ0n) is 20.6. The molecule has 38 heavy (non-hydrogen) atoms. The lowest BCUT2D eigenvalue weighted by Gasteiger charge is -2.35. The third-order valence-corrected chi connectivity index (χ3v) is 8.33. The van der Waals surface area contributed by atoms with Gasteiger partial charge in [-0.1, -0.05) is 5.21 Å². The third kappa shape index (κ3) is 5.14. The first-order valence-electron chi connectivity index (χ1n) is 12.7. The molecule has 4 heterocycles. The fourth-order valence-electron chi connectivity index (χ4n) is 5.39. The molecule has 3 fully saturated rings. The van der Waals surface area contributed by atoms with E-state index in [1.165, 1.54) is 25.2 Å². The van der Waals surface area contributed by atoms with Crippen LogP contribution < -0.4 is 18.9 Å². The first-order chi connectivity index (χ1) is 18.2. The molecule has 0 amide bonds. The van der Waals surface area contributed by atoms with Gasteiger partial charge in [-0.15, -0.1) is 5.10 Å². The van der Waals surface area contributed by atoms with Gasteiger partial charge in [-0.2, -0.15) is 0 Å². The van der Waals surface area contributed by atoms with Gasteiger partial charge in [0.2, 0.25) is 0 Å². The van der Waals surface area contributed by atoms with Crippen molar-refractivity contribution >= 4 is 28.5 Å². The van der Waals surface area contributed by atoms with Crippen molar-refractivity contribution in [3.63, 3.8) is 0 Å². The maximum Gasteiger partial charge on any atom is 0.268 e. The maximum absolute atomic E-state index is 13.6. The molecule has 6 rings (SSSR count). The number of benzene rings is 1. The van der Waals surface area contributed by atoms with Crippen molar-refractivity contribution in [2.45, 2.75) is 44.4 Å². The molecule has 11 nitrogen and oxygen atoms in total. The van der Waals surface area contributed by atoms with Crippen LogP contribution in [-0.4, -0.2) is 60.8 Å². The molecule has 2 saturated heterocycles. The number of aromatic nitrogens is 5. The molecule has 3 aliphatic rings.